The molecule has 0 saturated carbocycles. The normalized spacial score (nSPS) is 10.2. The summed E-state index contributed by atoms with van der Waals surface area (Å²) < 4.78 is 0.819. The number of nitrogens with one attached hydrogen (secondary N) is 2. The Hall–Kier alpha value is -0.320. The highest BCUT2D eigenvalue weighted by atomic mass is 79.9. The summed E-state index contributed by atoms with van der Waals surface area (Å²) >= 11 is 14.5. The van der Waals surface area contributed by atoms with E-state index in [0.717, 1.165) is 10.2 Å². The van der Waals surface area contributed by atoms with Crippen LogP contribution in [0.25, 0.3) is 0 Å². The smallest absolute Gasteiger partial charge is 0.171 e. The van der Waals surface area contributed by atoms with E-state index in [0.29, 0.717) is 16.2 Å². The number of anilines is 1. The van der Waals surface area contributed by atoms with Gasteiger partial charge in [0.05, 0.1) is 15.2 Å². The van der Waals surface area contributed by atoms with Crippen molar-refractivity contribution in [3.8, 4) is 0 Å². The van der Waals surface area contributed by atoms with Crippen LogP contribution in [-0.4, -0.2) is 11.2 Å². The van der Waals surface area contributed by atoms with Gasteiger partial charge in [-0.1, -0.05) is 17.7 Å². The molecule has 0 fully saturated rings. The standard InChI is InChI=1S/C10H12BrClN2S/c1-6(2)13-10(15)14-8-5-3-4-7(12)9(8)11/h3-6H,1-2H3,(H2,13,14,15). The maximum atomic E-state index is 5.95. The van der Waals surface area contributed by atoms with Crippen molar-refractivity contribution in [3.63, 3.8) is 0 Å². The molecule has 0 spiro atoms. The molecule has 0 atom stereocenters. The highest BCUT2D eigenvalue weighted by Crippen LogP contribution is 2.29. The molecule has 0 amide bonds. The van der Waals surface area contributed by atoms with E-state index in [2.05, 4.69) is 26.6 Å². The van der Waals surface area contributed by atoms with Gasteiger partial charge in [0.15, 0.2) is 5.11 Å². The highest BCUT2D eigenvalue weighted by molar-refractivity contribution is 9.10. The zero-order valence-electron chi connectivity index (χ0n) is 8.47. The molecule has 82 valence electrons. The first-order valence-electron chi connectivity index (χ1n) is 4.52. The van der Waals surface area contributed by atoms with Crippen LogP contribution in [-0.2, 0) is 0 Å². The lowest BCUT2D eigenvalue weighted by molar-refractivity contribution is 0.739. The molecule has 0 heterocycles. The maximum absolute atomic E-state index is 5.95. The van der Waals surface area contributed by atoms with E-state index in [9.17, 15) is 0 Å². The number of thiocarbonyl (C=S) groups is 1. The Labute approximate surface area is 109 Å². The molecule has 15 heavy (non-hydrogen) atoms. The maximum Gasteiger partial charge on any atom is 0.171 e. The first-order valence-corrected chi connectivity index (χ1v) is 6.10. The Balaban J connectivity index is 2.73. The summed E-state index contributed by atoms with van der Waals surface area (Å²) in [5.41, 5.74) is 0.862. The summed E-state index contributed by atoms with van der Waals surface area (Å²) in [5, 5.41) is 7.42. The van der Waals surface area contributed by atoms with Crippen LogP contribution in [0.5, 0.6) is 0 Å². The molecular weight excluding hydrogens is 296 g/mol. The monoisotopic (exact) mass is 306 g/mol. The van der Waals surface area contributed by atoms with E-state index < -0.39 is 0 Å². The topological polar surface area (TPSA) is 24.1 Å². The van der Waals surface area contributed by atoms with Crippen LogP contribution >= 0.6 is 39.7 Å². The second-order valence-electron chi connectivity index (χ2n) is 3.35. The van der Waals surface area contributed by atoms with E-state index in [1.807, 2.05) is 32.0 Å². The Bertz CT molecular complexity index is 368. The van der Waals surface area contributed by atoms with Crippen molar-refractivity contribution in [2.24, 2.45) is 0 Å². The van der Waals surface area contributed by atoms with Crippen molar-refractivity contribution >= 4 is 50.5 Å². The van der Waals surface area contributed by atoms with Gasteiger partial charge in [0.25, 0.3) is 0 Å². The molecule has 0 aromatic heterocycles. The van der Waals surface area contributed by atoms with E-state index in [1.54, 1.807) is 0 Å². The molecular formula is C10H12BrClN2S. The van der Waals surface area contributed by atoms with Crippen LogP contribution in [0.2, 0.25) is 5.02 Å². The van der Waals surface area contributed by atoms with Gasteiger partial charge in [-0.3, -0.25) is 0 Å². The molecule has 1 aromatic rings. The fourth-order valence-corrected chi connectivity index (χ4v) is 1.90. The van der Waals surface area contributed by atoms with Crippen molar-refractivity contribution in [1.82, 2.24) is 5.32 Å². The SMILES string of the molecule is CC(C)NC(=S)Nc1cccc(Cl)c1Br. The van der Waals surface area contributed by atoms with Gasteiger partial charge in [0, 0.05) is 6.04 Å². The third kappa shape index (κ3) is 3.97. The molecule has 0 radical (unpaired) electrons. The van der Waals surface area contributed by atoms with Gasteiger partial charge in [-0.15, -0.1) is 0 Å². The summed E-state index contributed by atoms with van der Waals surface area (Å²) in [6.45, 7) is 4.06. The van der Waals surface area contributed by atoms with Gasteiger partial charge in [-0.25, -0.2) is 0 Å². The summed E-state index contributed by atoms with van der Waals surface area (Å²) in [7, 11) is 0. The lowest BCUT2D eigenvalue weighted by Crippen LogP contribution is -2.33. The molecule has 0 aliphatic carbocycles. The average molecular weight is 308 g/mol. The molecule has 1 rings (SSSR count). The van der Waals surface area contributed by atoms with Crippen molar-refractivity contribution in [2.75, 3.05) is 5.32 Å². The van der Waals surface area contributed by atoms with Crippen LogP contribution in [0.15, 0.2) is 22.7 Å². The van der Waals surface area contributed by atoms with Crippen LogP contribution < -0.4 is 10.6 Å². The third-order valence-electron chi connectivity index (χ3n) is 1.62. The summed E-state index contributed by atoms with van der Waals surface area (Å²) in [6, 6.07) is 5.90. The number of rotatable bonds is 2. The second kappa shape index (κ2) is 5.68. The summed E-state index contributed by atoms with van der Waals surface area (Å²) in [4.78, 5) is 0. The van der Waals surface area contributed by atoms with Crippen molar-refractivity contribution in [3.05, 3.63) is 27.7 Å². The Morgan fingerprint density at radius 2 is 2.13 bits per heavy atom. The quantitative estimate of drug-likeness (QED) is 0.813. The number of hydrogen-bond acceptors (Lipinski definition) is 1. The molecule has 0 aliphatic rings. The second-order valence-corrected chi connectivity index (χ2v) is 4.96. The third-order valence-corrected chi connectivity index (χ3v) is 3.24. The van der Waals surface area contributed by atoms with Gasteiger partial charge in [-0.2, -0.15) is 0 Å². The Morgan fingerprint density at radius 1 is 1.47 bits per heavy atom. The minimum absolute atomic E-state index is 0.308. The zero-order chi connectivity index (χ0) is 11.4. The van der Waals surface area contributed by atoms with E-state index in [1.165, 1.54) is 0 Å². The van der Waals surface area contributed by atoms with Crippen LogP contribution in [0.1, 0.15) is 13.8 Å². The molecule has 0 unspecified atom stereocenters. The van der Waals surface area contributed by atoms with Gasteiger partial charge in [0.1, 0.15) is 0 Å². The molecule has 0 aliphatic heterocycles. The molecule has 0 saturated heterocycles. The largest absolute Gasteiger partial charge is 0.360 e. The summed E-state index contributed by atoms with van der Waals surface area (Å²) in [5.74, 6) is 0. The Morgan fingerprint density at radius 3 is 2.73 bits per heavy atom. The lowest BCUT2D eigenvalue weighted by atomic mass is 10.3. The van der Waals surface area contributed by atoms with E-state index in [-0.39, 0.29) is 0 Å². The van der Waals surface area contributed by atoms with Gasteiger partial charge >= 0.3 is 0 Å². The predicted molar refractivity (Wildman–Crippen MR) is 73.6 cm³/mol. The summed E-state index contributed by atoms with van der Waals surface area (Å²) in [6.07, 6.45) is 0. The molecule has 5 heteroatoms. The molecule has 0 bridgehead atoms. The molecule has 2 nitrogen and oxygen atoms in total. The van der Waals surface area contributed by atoms with Gasteiger partial charge < -0.3 is 10.6 Å². The van der Waals surface area contributed by atoms with Crippen LogP contribution in [0.3, 0.4) is 0 Å². The fraction of sp³-hybridized carbons (Fsp3) is 0.300. The van der Waals surface area contributed by atoms with Crippen molar-refractivity contribution < 1.29 is 0 Å². The van der Waals surface area contributed by atoms with Crippen molar-refractivity contribution in [2.45, 2.75) is 19.9 Å². The van der Waals surface area contributed by atoms with Gasteiger partial charge in [-0.05, 0) is 54.1 Å². The van der Waals surface area contributed by atoms with Crippen LogP contribution in [0.4, 0.5) is 5.69 Å². The number of halogens is 2. The van der Waals surface area contributed by atoms with Gasteiger partial charge in [0.2, 0.25) is 0 Å². The average Bonchev–Trinajstić information content (AvgIpc) is 2.11. The molecule has 2 N–H and O–H groups in total. The fourth-order valence-electron chi connectivity index (χ4n) is 1.02. The van der Waals surface area contributed by atoms with E-state index in [4.69, 9.17) is 23.8 Å². The lowest BCUT2D eigenvalue weighted by Gasteiger charge is -2.14. The minimum Gasteiger partial charge on any atom is -0.360 e. The first-order chi connectivity index (χ1) is 7.00. The van der Waals surface area contributed by atoms with E-state index >= 15 is 0 Å². The highest BCUT2D eigenvalue weighted by Gasteiger charge is 2.05. The van der Waals surface area contributed by atoms with Crippen LogP contribution in [0, 0.1) is 0 Å². The minimum atomic E-state index is 0.308. The van der Waals surface area contributed by atoms with Crippen molar-refractivity contribution in [1.29, 1.82) is 0 Å². The Kier molecular flexibility index (Phi) is 4.83. The predicted octanol–water partition coefficient (Wildman–Crippen LogP) is 3.80. The number of benzene rings is 1. The first kappa shape index (κ1) is 12.7. The molecule has 1 aromatic carbocycles. The number of hydrogen-bond donors (Lipinski definition) is 2. The zero-order valence-corrected chi connectivity index (χ0v) is 11.6.